The van der Waals surface area contributed by atoms with Gasteiger partial charge in [-0.1, -0.05) is 13.8 Å². The van der Waals surface area contributed by atoms with Crippen molar-refractivity contribution in [2.45, 2.75) is 51.6 Å². The second-order valence-electron chi connectivity index (χ2n) is 5.75. The van der Waals surface area contributed by atoms with Crippen LogP contribution in [0.25, 0.3) is 0 Å². The third kappa shape index (κ3) is 5.36. The summed E-state index contributed by atoms with van der Waals surface area (Å²) in [4.78, 5) is 22.9. The number of ether oxygens (including phenoxy) is 1. The third-order valence-electron chi connectivity index (χ3n) is 4.15. The molecule has 1 aliphatic rings. The van der Waals surface area contributed by atoms with Crippen molar-refractivity contribution in [3.63, 3.8) is 0 Å². The molecule has 0 bridgehead atoms. The molecule has 0 aromatic heterocycles. The fourth-order valence-electron chi connectivity index (χ4n) is 2.56. The predicted octanol–water partition coefficient (Wildman–Crippen LogP) is 1.60. The SMILES string of the molecule is COCCC(NC(=O)NC1CCC(C)C(C)C1)C(=O)O. The number of rotatable bonds is 6. The van der Waals surface area contributed by atoms with Crippen molar-refractivity contribution >= 4 is 12.0 Å². The molecule has 0 radical (unpaired) electrons. The molecule has 0 aromatic rings. The number of carboxylic acid groups (broad SMARTS) is 1. The first-order chi connectivity index (χ1) is 9.43. The van der Waals surface area contributed by atoms with Crippen molar-refractivity contribution in [1.82, 2.24) is 10.6 Å². The van der Waals surface area contributed by atoms with Crippen molar-refractivity contribution in [2.24, 2.45) is 11.8 Å². The summed E-state index contributed by atoms with van der Waals surface area (Å²) in [5.41, 5.74) is 0. The maximum atomic E-state index is 11.9. The van der Waals surface area contributed by atoms with E-state index in [0.717, 1.165) is 19.3 Å². The van der Waals surface area contributed by atoms with Gasteiger partial charge in [-0.15, -0.1) is 0 Å². The van der Waals surface area contributed by atoms with Gasteiger partial charge in [-0.2, -0.15) is 0 Å². The van der Waals surface area contributed by atoms with E-state index in [9.17, 15) is 9.59 Å². The summed E-state index contributed by atoms with van der Waals surface area (Å²) in [5.74, 6) is 0.227. The lowest BCUT2D eigenvalue weighted by molar-refractivity contribution is -0.139. The van der Waals surface area contributed by atoms with Gasteiger partial charge in [0.15, 0.2) is 0 Å². The van der Waals surface area contributed by atoms with Crippen LogP contribution in [0, 0.1) is 11.8 Å². The van der Waals surface area contributed by atoms with Gasteiger partial charge in [0.2, 0.25) is 0 Å². The smallest absolute Gasteiger partial charge is 0.326 e. The molecule has 1 fully saturated rings. The Hall–Kier alpha value is -1.30. The molecule has 1 rings (SSSR count). The fraction of sp³-hybridized carbons (Fsp3) is 0.857. The van der Waals surface area contributed by atoms with E-state index >= 15 is 0 Å². The molecule has 6 heteroatoms. The Morgan fingerprint density at radius 2 is 2.00 bits per heavy atom. The molecule has 1 saturated carbocycles. The van der Waals surface area contributed by atoms with Crippen LogP contribution in [-0.4, -0.2) is 42.9 Å². The molecule has 6 nitrogen and oxygen atoms in total. The number of urea groups is 1. The number of carbonyl (C=O) groups excluding carboxylic acids is 1. The van der Waals surface area contributed by atoms with Gasteiger partial charge < -0.3 is 20.5 Å². The molecule has 0 aromatic carbocycles. The Morgan fingerprint density at radius 3 is 2.55 bits per heavy atom. The number of hydrogen-bond acceptors (Lipinski definition) is 3. The number of aliphatic carboxylic acids is 1. The molecule has 0 heterocycles. The van der Waals surface area contributed by atoms with Gasteiger partial charge in [0.1, 0.15) is 6.04 Å². The van der Waals surface area contributed by atoms with Gasteiger partial charge in [-0.3, -0.25) is 0 Å². The van der Waals surface area contributed by atoms with Crippen LogP contribution < -0.4 is 10.6 Å². The van der Waals surface area contributed by atoms with Crippen molar-refractivity contribution in [2.75, 3.05) is 13.7 Å². The largest absolute Gasteiger partial charge is 0.480 e. The van der Waals surface area contributed by atoms with Crippen molar-refractivity contribution in [1.29, 1.82) is 0 Å². The van der Waals surface area contributed by atoms with Crippen LogP contribution in [0.4, 0.5) is 4.79 Å². The minimum atomic E-state index is -1.04. The summed E-state index contributed by atoms with van der Waals surface area (Å²) in [5, 5.41) is 14.4. The highest BCUT2D eigenvalue weighted by Gasteiger charge is 2.27. The normalized spacial score (nSPS) is 27.6. The maximum Gasteiger partial charge on any atom is 0.326 e. The van der Waals surface area contributed by atoms with Crippen LogP contribution in [0.5, 0.6) is 0 Å². The van der Waals surface area contributed by atoms with Gasteiger partial charge in [-0.25, -0.2) is 9.59 Å². The highest BCUT2D eigenvalue weighted by Crippen LogP contribution is 2.29. The summed E-state index contributed by atoms with van der Waals surface area (Å²) >= 11 is 0. The molecule has 0 aliphatic heterocycles. The van der Waals surface area contributed by atoms with Gasteiger partial charge in [0.05, 0.1) is 0 Å². The lowest BCUT2D eigenvalue weighted by Crippen LogP contribution is -2.50. The zero-order chi connectivity index (χ0) is 15.1. The van der Waals surface area contributed by atoms with E-state index in [0.29, 0.717) is 18.4 Å². The van der Waals surface area contributed by atoms with E-state index in [1.165, 1.54) is 7.11 Å². The van der Waals surface area contributed by atoms with E-state index in [4.69, 9.17) is 9.84 Å². The van der Waals surface area contributed by atoms with Gasteiger partial charge >= 0.3 is 12.0 Å². The van der Waals surface area contributed by atoms with E-state index in [1.807, 2.05) is 0 Å². The molecule has 3 N–H and O–H groups in total. The molecule has 2 amide bonds. The van der Waals surface area contributed by atoms with E-state index in [2.05, 4.69) is 24.5 Å². The average Bonchev–Trinajstić information content (AvgIpc) is 2.38. The minimum absolute atomic E-state index is 0.137. The van der Waals surface area contributed by atoms with E-state index in [-0.39, 0.29) is 12.5 Å². The number of carboxylic acids is 1. The van der Waals surface area contributed by atoms with Crippen LogP contribution in [0.15, 0.2) is 0 Å². The van der Waals surface area contributed by atoms with E-state index < -0.39 is 18.0 Å². The number of methoxy groups -OCH3 is 1. The fourth-order valence-corrected chi connectivity index (χ4v) is 2.56. The standard InChI is InChI=1S/C14H26N2O4/c1-9-4-5-11(8-10(9)2)15-14(19)16-12(13(17)18)6-7-20-3/h9-12H,4-8H2,1-3H3,(H,17,18)(H2,15,16,19). The molecule has 0 saturated heterocycles. The first kappa shape index (κ1) is 16.8. The maximum absolute atomic E-state index is 11.9. The predicted molar refractivity (Wildman–Crippen MR) is 75.6 cm³/mol. The molecular weight excluding hydrogens is 260 g/mol. The van der Waals surface area contributed by atoms with Crippen LogP contribution >= 0.6 is 0 Å². The Labute approximate surface area is 120 Å². The Balaban J connectivity index is 2.39. The lowest BCUT2D eigenvalue weighted by Gasteiger charge is -2.32. The summed E-state index contributed by atoms with van der Waals surface area (Å²) < 4.78 is 4.84. The summed E-state index contributed by atoms with van der Waals surface area (Å²) in [6, 6.07) is -1.17. The molecule has 0 spiro atoms. The highest BCUT2D eigenvalue weighted by atomic mass is 16.5. The van der Waals surface area contributed by atoms with E-state index in [1.54, 1.807) is 0 Å². The van der Waals surface area contributed by atoms with Gasteiger partial charge in [0.25, 0.3) is 0 Å². The van der Waals surface area contributed by atoms with Crippen molar-refractivity contribution in [3.8, 4) is 0 Å². The van der Waals surface area contributed by atoms with Gasteiger partial charge in [-0.05, 0) is 31.1 Å². The average molecular weight is 286 g/mol. The van der Waals surface area contributed by atoms with Gasteiger partial charge in [0, 0.05) is 26.2 Å². The second kappa shape index (κ2) is 8.09. The highest BCUT2D eigenvalue weighted by molar-refractivity contribution is 5.82. The minimum Gasteiger partial charge on any atom is -0.480 e. The first-order valence-corrected chi connectivity index (χ1v) is 7.22. The number of hydrogen-bond donors (Lipinski definition) is 3. The number of amides is 2. The number of nitrogens with one attached hydrogen (secondary N) is 2. The third-order valence-corrected chi connectivity index (χ3v) is 4.15. The van der Waals surface area contributed by atoms with Crippen LogP contribution in [-0.2, 0) is 9.53 Å². The van der Waals surface area contributed by atoms with Crippen molar-refractivity contribution in [3.05, 3.63) is 0 Å². The zero-order valence-electron chi connectivity index (χ0n) is 12.5. The Morgan fingerprint density at radius 1 is 1.30 bits per heavy atom. The van der Waals surface area contributed by atoms with Crippen LogP contribution in [0.2, 0.25) is 0 Å². The number of carbonyl (C=O) groups is 2. The first-order valence-electron chi connectivity index (χ1n) is 7.22. The topological polar surface area (TPSA) is 87.7 Å². The lowest BCUT2D eigenvalue weighted by atomic mass is 9.79. The Bertz CT molecular complexity index is 335. The molecular formula is C14H26N2O4. The summed E-state index contributed by atoms with van der Waals surface area (Å²) in [7, 11) is 1.50. The Kier molecular flexibility index (Phi) is 6.78. The monoisotopic (exact) mass is 286 g/mol. The molecule has 1 aliphatic carbocycles. The van der Waals surface area contributed by atoms with Crippen LogP contribution in [0.1, 0.15) is 39.5 Å². The molecule has 4 unspecified atom stereocenters. The zero-order valence-corrected chi connectivity index (χ0v) is 12.5. The molecule has 4 atom stereocenters. The van der Waals surface area contributed by atoms with Crippen LogP contribution in [0.3, 0.4) is 0 Å². The summed E-state index contributed by atoms with van der Waals surface area (Å²) in [6.07, 6.45) is 3.26. The quantitative estimate of drug-likeness (QED) is 0.692. The second-order valence-corrected chi connectivity index (χ2v) is 5.75. The molecule has 116 valence electrons. The van der Waals surface area contributed by atoms with Crippen molar-refractivity contribution < 1.29 is 19.4 Å². The summed E-state index contributed by atoms with van der Waals surface area (Å²) in [6.45, 7) is 4.72. The molecule has 20 heavy (non-hydrogen) atoms.